The number of hydrogen-bond acceptors (Lipinski definition) is 8. The lowest BCUT2D eigenvalue weighted by molar-refractivity contribution is -0.138. The van der Waals surface area contributed by atoms with Gasteiger partial charge in [-0.1, -0.05) is 17.4 Å². The first-order valence-corrected chi connectivity index (χ1v) is 11.5. The Labute approximate surface area is 191 Å². The van der Waals surface area contributed by atoms with E-state index in [4.69, 9.17) is 10.1 Å². The maximum atomic E-state index is 10.9. The minimum absolute atomic E-state index is 0.244. The maximum Gasteiger partial charge on any atom is 0.303 e. The van der Waals surface area contributed by atoms with Crippen molar-refractivity contribution in [2.24, 2.45) is 5.92 Å². The largest absolute Gasteiger partial charge is 0.481 e. The van der Waals surface area contributed by atoms with Crippen molar-refractivity contribution in [1.29, 1.82) is 0 Å². The molecule has 0 unspecified atom stereocenters. The number of aliphatic hydroxyl groups is 1. The number of rotatable bonds is 7. The number of carboxylic acid groups (broad SMARTS) is 1. The summed E-state index contributed by atoms with van der Waals surface area (Å²) in [6.07, 6.45) is 5.48. The number of carbonyl (C=O) groups is 1. The molecule has 4 heterocycles. The second kappa shape index (κ2) is 9.22. The molecule has 0 aromatic carbocycles. The van der Waals surface area contributed by atoms with E-state index in [1.54, 1.807) is 37.4 Å². The third-order valence-electron chi connectivity index (χ3n) is 5.57. The number of aliphatic carboxylic acids is 1. The molecule has 3 aromatic rings. The first kappa shape index (κ1) is 22.2. The summed E-state index contributed by atoms with van der Waals surface area (Å²) in [5, 5.41) is 23.4. The van der Waals surface area contributed by atoms with Gasteiger partial charge >= 0.3 is 5.97 Å². The molecule has 0 saturated carbocycles. The van der Waals surface area contributed by atoms with Crippen molar-refractivity contribution < 1.29 is 15.0 Å². The fraction of sp³-hybridized carbons (Fsp3) is 0.391. The predicted molar refractivity (Wildman–Crippen MR) is 125 cm³/mol. The molecule has 0 radical (unpaired) electrons. The van der Waals surface area contributed by atoms with Crippen LogP contribution in [0.3, 0.4) is 0 Å². The van der Waals surface area contributed by atoms with Crippen LogP contribution in [0.5, 0.6) is 0 Å². The third kappa shape index (κ3) is 5.41. The van der Waals surface area contributed by atoms with E-state index >= 15 is 0 Å². The zero-order valence-electron chi connectivity index (χ0n) is 18.2. The van der Waals surface area contributed by atoms with Gasteiger partial charge in [-0.3, -0.25) is 4.79 Å². The lowest BCUT2D eigenvalue weighted by Crippen LogP contribution is -2.34. The van der Waals surface area contributed by atoms with Crippen molar-refractivity contribution >= 4 is 34.1 Å². The summed E-state index contributed by atoms with van der Waals surface area (Å²) in [5.41, 5.74) is 0.638. The fourth-order valence-electron chi connectivity index (χ4n) is 3.76. The molecule has 168 valence electrons. The summed E-state index contributed by atoms with van der Waals surface area (Å²) in [6, 6.07) is 9.35. The number of thiazole rings is 1. The van der Waals surface area contributed by atoms with E-state index in [2.05, 4.69) is 20.2 Å². The van der Waals surface area contributed by atoms with Gasteiger partial charge in [0.15, 0.2) is 5.13 Å². The summed E-state index contributed by atoms with van der Waals surface area (Å²) in [4.78, 5) is 27.7. The van der Waals surface area contributed by atoms with Crippen molar-refractivity contribution in [2.45, 2.75) is 38.7 Å². The van der Waals surface area contributed by atoms with E-state index in [1.165, 1.54) is 0 Å². The smallest absolute Gasteiger partial charge is 0.303 e. The summed E-state index contributed by atoms with van der Waals surface area (Å²) in [5.74, 6) is 0.800. The van der Waals surface area contributed by atoms with E-state index in [9.17, 15) is 9.90 Å². The van der Waals surface area contributed by atoms with E-state index in [0.717, 1.165) is 47.2 Å². The van der Waals surface area contributed by atoms with Crippen LogP contribution < -0.4 is 10.2 Å². The number of nitrogens with zero attached hydrogens (tertiary/aromatic N) is 4. The van der Waals surface area contributed by atoms with Crippen LogP contribution in [0.15, 0.2) is 42.7 Å². The summed E-state index contributed by atoms with van der Waals surface area (Å²) in [7, 11) is 0. The molecule has 0 atom stereocenters. The first-order chi connectivity index (χ1) is 15.3. The van der Waals surface area contributed by atoms with Crippen LogP contribution in [-0.2, 0) is 10.4 Å². The topological polar surface area (TPSA) is 111 Å². The maximum absolute atomic E-state index is 10.9. The summed E-state index contributed by atoms with van der Waals surface area (Å²) >= 11 is 1.59. The molecule has 8 nitrogen and oxygen atoms in total. The molecule has 0 aliphatic carbocycles. The lowest BCUT2D eigenvalue weighted by Gasteiger charge is -2.30. The number of anilines is 3. The highest BCUT2D eigenvalue weighted by Gasteiger charge is 2.23. The number of aromatic nitrogens is 3. The van der Waals surface area contributed by atoms with Crippen LogP contribution in [0.25, 0.3) is 10.6 Å². The Morgan fingerprint density at radius 3 is 2.72 bits per heavy atom. The van der Waals surface area contributed by atoms with E-state index < -0.39 is 11.6 Å². The average molecular weight is 454 g/mol. The Morgan fingerprint density at radius 2 is 2.00 bits per heavy atom. The van der Waals surface area contributed by atoms with Crippen molar-refractivity contribution in [2.75, 3.05) is 23.3 Å². The molecule has 3 N–H and O–H groups in total. The molecule has 1 saturated heterocycles. The Hall–Kier alpha value is -3.04. The van der Waals surface area contributed by atoms with Gasteiger partial charge in [0.25, 0.3) is 0 Å². The van der Waals surface area contributed by atoms with Gasteiger partial charge in [0, 0.05) is 31.9 Å². The highest BCUT2D eigenvalue weighted by atomic mass is 32.1. The quantitative estimate of drug-likeness (QED) is 0.486. The monoisotopic (exact) mass is 453 g/mol. The minimum Gasteiger partial charge on any atom is -0.481 e. The molecule has 0 amide bonds. The van der Waals surface area contributed by atoms with Gasteiger partial charge in [-0.15, -0.1) is 0 Å². The van der Waals surface area contributed by atoms with Crippen LogP contribution in [0.4, 0.5) is 16.8 Å². The normalized spacial score (nSPS) is 15.0. The molecule has 1 fully saturated rings. The summed E-state index contributed by atoms with van der Waals surface area (Å²) < 4.78 is 0. The van der Waals surface area contributed by atoms with Crippen LogP contribution in [0.2, 0.25) is 0 Å². The molecule has 1 aliphatic heterocycles. The fourth-order valence-corrected chi connectivity index (χ4v) is 4.69. The van der Waals surface area contributed by atoms with Crippen LogP contribution in [0.1, 0.15) is 38.7 Å². The zero-order chi connectivity index (χ0) is 22.7. The van der Waals surface area contributed by atoms with Gasteiger partial charge in [-0.25, -0.2) is 15.0 Å². The molecule has 32 heavy (non-hydrogen) atoms. The van der Waals surface area contributed by atoms with Gasteiger partial charge in [0.05, 0.1) is 16.2 Å². The van der Waals surface area contributed by atoms with Gasteiger partial charge in [0.2, 0.25) is 0 Å². The second-order valence-electron chi connectivity index (χ2n) is 8.56. The van der Waals surface area contributed by atoms with E-state index in [-0.39, 0.29) is 12.3 Å². The molecule has 0 spiro atoms. The number of carboxylic acids is 1. The van der Waals surface area contributed by atoms with Crippen LogP contribution in [0, 0.1) is 5.92 Å². The zero-order valence-corrected chi connectivity index (χ0v) is 19.0. The molecule has 1 aliphatic rings. The summed E-state index contributed by atoms with van der Waals surface area (Å²) in [6.45, 7) is 5.12. The molecular weight excluding hydrogens is 426 g/mol. The minimum atomic E-state index is -0.949. The van der Waals surface area contributed by atoms with Gasteiger partial charge in [0.1, 0.15) is 11.6 Å². The number of nitrogens with one attached hydrogen (secondary N) is 1. The Morgan fingerprint density at radius 1 is 1.22 bits per heavy atom. The van der Waals surface area contributed by atoms with E-state index in [0.29, 0.717) is 11.6 Å². The molecule has 3 aromatic heterocycles. The predicted octanol–water partition coefficient (Wildman–Crippen LogP) is 4.26. The highest BCUT2D eigenvalue weighted by molar-refractivity contribution is 7.18. The molecule has 0 bridgehead atoms. The Bertz CT molecular complexity index is 1090. The SMILES string of the molecule is CC(C)(O)c1ccnc(Nc2cccc(-c3cnc(N4CCC(CC(=O)O)CC4)s3)n2)c1. The molecular formula is C23H27N5O3S. The van der Waals surface area contributed by atoms with Crippen molar-refractivity contribution in [3.8, 4) is 10.6 Å². The van der Waals surface area contributed by atoms with E-state index in [1.807, 2.05) is 30.5 Å². The number of piperidine rings is 1. The van der Waals surface area contributed by atoms with Crippen LogP contribution in [-0.4, -0.2) is 44.2 Å². The molecule has 9 heteroatoms. The van der Waals surface area contributed by atoms with Gasteiger partial charge < -0.3 is 20.4 Å². The highest BCUT2D eigenvalue weighted by Crippen LogP contribution is 2.33. The second-order valence-corrected chi connectivity index (χ2v) is 9.57. The van der Waals surface area contributed by atoms with Gasteiger partial charge in [-0.05, 0) is 62.4 Å². The van der Waals surface area contributed by atoms with Crippen molar-refractivity contribution in [1.82, 2.24) is 15.0 Å². The Balaban J connectivity index is 1.45. The number of pyridine rings is 2. The number of hydrogen-bond donors (Lipinski definition) is 3. The van der Waals surface area contributed by atoms with Crippen molar-refractivity contribution in [3.63, 3.8) is 0 Å². The first-order valence-electron chi connectivity index (χ1n) is 10.6. The standard InChI is InChI=1S/C23H27N5O3S/c1-23(2,31)16-6-9-24-20(13-16)27-19-5-3-4-17(26-19)18-14-25-22(32-18)28-10-7-15(8-11-28)12-21(29)30/h3-6,9,13-15,31H,7-8,10-12H2,1-2H3,(H,29,30)(H,24,26,27). The molecule has 4 rings (SSSR count). The average Bonchev–Trinajstić information content (AvgIpc) is 3.24. The lowest BCUT2D eigenvalue weighted by atomic mass is 9.94. The van der Waals surface area contributed by atoms with Crippen LogP contribution >= 0.6 is 11.3 Å². The van der Waals surface area contributed by atoms with Gasteiger partial charge in [-0.2, -0.15) is 0 Å². The third-order valence-corrected chi connectivity index (χ3v) is 6.65. The van der Waals surface area contributed by atoms with Crippen molar-refractivity contribution in [3.05, 3.63) is 48.3 Å². The Kier molecular flexibility index (Phi) is 6.38.